The van der Waals surface area contributed by atoms with E-state index in [1.54, 1.807) is 21.9 Å². The van der Waals surface area contributed by atoms with E-state index in [0.29, 0.717) is 35.0 Å². The highest BCUT2D eigenvalue weighted by Gasteiger charge is 2.32. The molecule has 0 aromatic heterocycles. The van der Waals surface area contributed by atoms with Crippen LogP contribution in [0.2, 0.25) is 10.0 Å². The van der Waals surface area contributed by atoms with E-state index in [-0.39, 0.29) is 36.7 Å². The average Bonchev–Trinajstić information content (AvgIpc) is 3.29. The number of carbonyl (C=O) groups is 3. The molecule has 222 valence electrons. The number of anilines is 1. The van der Waals surface area contributed by atoms with Crippen LogP contribution >= 0.6 is 23.2 Å². The van der Waals surface area contributed by atoms with Gasteiger partial charge in [-0.2, -0.15) is 0 Å². The molecule has 1 aliphatic rings. The highest BCUT2D eigenvalue weighted by Crippen LogP contribution is 2.37. The second kappa shape index (κ2) is 13.6. The Morgan fingerprint density at radius 1 is 0.907 bits per heavy atom. The topological polar surface area (TPSA) is 69.7 Å². The number of amides is 3. The summed E-state index contributed by atoms with van der Waals surface area (Å²) < 4.78 is 0. The number of carbonyl (C=O) groups excluding carboxylic acids is 3. The number of benzene rings is 4. The van der Waals surface area contributed by atoms with Gasteiger partial charge in [-0.3, -0.25) is 14.4 Å². The molecule has 43 heavy (non-hydrogen) atoms. The lowest BCUT2D eigenvalue weighted by Gasteiger charge is -2.32. The van der Waals surface area contributed by atoms with Gasteiger partial charge in [0.2, 0.25) is 11.8 Å². The SMILES string of the molecule is CC[C@H](C)NC(=O)[C@H](Cc1ccccc1)N(Cc1ccc(Cl)c(Cl)c1)C(=O)CCCN1C(=O)c2cccc3cccc1c23. The van der Waals surface area contributed by atoms with Gasteiger partial charge in [0.25, 0.3) is 5.91 Å². The first-order valence-electron chi connectivity index (χ1n) is 14.7. The predicted octanol–water partition coefficient (Wildman–Crippen LogP) is 7.44. The van der Waals surface area contributed by atoms with Crippen molar-refractivity contribution in [3.63, 3.8) is 0 Å². The van der Waals surface area contributed by atoms with Crippen molar-refractivity contribution in [2.75, 3.05) is 11.4 Å². The van der Waals surface area contributed by atoms with E-state index in [1.807, 2.05) is 86.6 Å². The lowest BCUT2D eigenvalue weighted by Crippen LogP contribution is -2.52. The van der Waals surface area contributed by atoms with Crippen molar-refractivity contribution in [3.8, 4) is 0 Å². The number of rotatable bonds is 12. The maximum absolute atomic E-state index is 14.0. The minimum atomic E-state index is -0.746. The van der Waals surface area contributed by atoms with Crippen molar-refractivity contribution in [3.05, 3.63) is 112 Å². The summed E-state index contributed by atoms with van der Waals surface area (Å²) in [7, 11) is 0. The summed E-state index contributed by atoms with van der Waals surface area (Å²) in [5, 5.41) is 5.86. The molecule has 1 heterocycles. The third kappa shape index (κ3) is 6.87. The van der Waals surface area contributed by atoms with Crippen molar-refractivity contribution in [1.82, 2.24) is 10.2 Å². The van der Waals surface area contributed by atoms with Crippen LogP contribution in [0.25, 0.3) is 10.8 Å². The summed E-state index contributed by atoms with van der Waals surface area (Å²) in [6.07, 6.45) is 1.73. The smallest absolute Gasteiger partial charge is 0.258 e. The average molecular weight is 617 g/mol. The summed E-state index contributed by atoms with van der Waals surface area (Å²) in [5.74, 6) is -0.432. The Kier molecular flexibility index (Phi) is 9.69. The summed E-state index contributed by atoms with van der Waals surface area (Å²) >= 11 is 12.5. The fourth-order valence-corrected chi connectivity index (χ4v) is 5.88. The van der Waals surface area contributed by atoms with E-state index >= 15 is 0 Å². The van der Waals surface area contributed by atoms with Crippen LogP contribution in [0.15, 0.2) is 84.9 Å². The molecular formula is C35H35Cl2N3O3. The molecule has 1 N–H and O–H groups in total. The summed E-state index contributed by atoms with van der Waals surface area (Å²) in [5.41, 5.74) is 3.28. The van der Waals surface area contributed by atoms with Gasteiger partial charge < -0.3 is 15.1 Å². The first kappa shape index (κ1) is 30.6. The van der Waals surface area contributed by atoms with E-state index in [0.717, 1.165) is 34.0 Å². The van der Waals surface area contributed by atoms with Gasteiger partial charge in [0, 0.05) is 42.9 Å². The van der Waals surface area contributed by atoms with Crippen LogP contribution in [0.3, 0.4) is 0 Å². The summed E-state index contributed by atoms with van der Waals surface area (Å²) in [4.78, 5) is 44.4. The second-order valence-electron chi connectivity index (χ2n) is 11.0. The largest absolute Gasteiger partial charge is 0.352 e. The zero-order chi connectivity index (χ0) is 30.5. The van der Waals surface area contributed by atoms with Crippen molar-refractivity contribution in [2.24, 2.45) is 0 Å². The van der Waals surface area contributed by atoms with Crippen molar-refractivity contribution >= 4 is 57.4 Å². The molecule has 8 heteroatoms. The molecule has 0 fully saturated rings. The zero-order valence-corrected chi connectivity index (χ0v) is 25.9. The van der Waals surface area contributed by atoms with E-state index in [4.69, 9.17) is 23.2 Å². The van der Waals surface area contributed by atoms with E-state index in [9.17, 15) is 14.4 Å². The number of hydrogen-bond donors (Lipinski definition) is 1. The number of halogens is 2. The number of nitrogens with one attached hydrogen (secondary N) is 1. The zero-order valence-electron chi connectivity index (χ0n) is 24.4. The van der Waals surface area contributed by atoms with Crippen LogP contribution in [-0.4, -0.2) is 41.2 Å². The standard InChI is InChI=1S/C35H35Cl2N3O3/c1-3-23(2)38-34(42)31(21-24-10-5-4-6-11-24)40(22-25-17-18-28(36)29(37)20-25)32(41)16-9-19-39-30-15-8-13-26-12-7-14-27(33(26)30)35(39)43/h4-8,10-15,17-18,20,23,31H,3,9,16,19,21-22H2,1-2H3,(H,38,42)/t23-,31-/m0/s1. The second-order valence-corrected chi connectivity index (χ2v) is 11.8. The Hall–Kier alpha value is -3.87. The molecular weight excluding hydrogens is 581 g/mol. The summed E-state index contributed by atoms with van der Waals surface area (Å²) in [6.45, 7) is 4.54. The Morgan fingerprint density at radius 3 is 2.37 bits per heavy atom. The van der Waals surface area contributed by atoms with E-state index < -0.39 is 6.04 Å². The Bertz CT molecular complexity index is 1640. The molecule has 0 radical (unpaired) electrons. The minimum absolute atomic E-state index is 0.0433. The quantitative estimate of drug-likeness (QED) is 0.180. The van der Waals surface area contributed by atoms with Gasteiger partial charge in [0.1, 0.15) is 6.04 Å². The van der Waals surface area contributed by atoms with E-state index in [1.165, 1.54) is 0 Å². The third-order valence-electron chi connectivity index (χ3n) is 8.03. The normalized spacial score (nSPS) is 13.7. The minimum Gasteiger partial charge on any atom is -0.352 e. The van der Waals surface area contributed by atoms with Crippen LogP contribution in [0.1, 0.15) is 54.6 Å². The fraction of sp³-hybridized carbons (Fsp3) is 0.286. The molecule has 4 aromatic carbocycles. The monoisotopic (exact) mass is 615 g/mol. The number of hydrogen-bond acceptors (Lipinski definition) is 3. The molecule has 1 aliphatic heterocycles. The molecule has 0 saturated heterocycles. The van der Waals surface area contributed by atoms with Crippen LogP contribution in [0, 0.1) is 0 Å². The Balaban J connectivity index is 1.39. The van der Waals surface area contributed by atoms with Crippen molar-refractivity contribution in [1.29, 1.82) is 0 Å². The molecule has 2 atom stereocenters. The third-order valence-corrected chi connectivity index (χ3v) is 8.77. The Labute approximate surface area is 262 Å². The van der Waals surface area contributed by atoms with Gasteiger partial charge in [-0.1, -0.05) is 90.8 Å². The van der Waals surface area contributed by atoms with E-state index in [2.05, 4.69) is 5.32 Å². The summed E-state index contributed by atoms with van der Waals surface area (Å²) in [6, 6.07) is 25.8. The molecule has 0 unspecified atom stereocenters. The van der Waals surface area contributed by atoms with Gasteiger partial charge in [-0.05, 0) is 60.5 Å². The lowest BCUT2D eigenvalue weighted by atomic mass is 10.0. The predicted molar refractivity (Wildman–Crippen MR) is 174 cm³/mol. The van der Waals surface area contributed by atoms with Gasteiger partial charge in [-0.25, -0.2) is 0 Å². The lowest BCUT2D eigenvalue weighted by molar-refractivity contribution is -0.141. The van der Waals surface area contributed by atoms with Crippen molar-refractivity contribution in [2.45, 2.75) is 58.2 Å². The molecule has 0 spiro atoms. The Morgan fingerprint density at radius 2 is 1.65 bits per heavy atom. The van der Waals surface area contributed by atoms with Crippen LogP contribution in [0.5, 0.6) is 0 Å². The fourth-order valence-electron chi connectivity index (χ4n) is 5.56. The van der Waals surface area contributed by atoms with Crippen LogP contribution < -0.4 is 10.2 Å². The van der Waals surface area contributed by atoms with Gasteiger partial charge in [0.15, 0.2) is 0 Å². The number of nitrogens with zero attached hydrogens (tertiary/aromatic N) is 2. The molecule has 5 rings (SSSR count). The van der Waals surface area contributed by atoms with Gasteiger partial charge in [0.05, 0.1) is 15.7 Å². The van der Waals surface area contributed by atoms with Crippen molar-refractivity contribution < 1.29 is 14.4 Å². The van der Waals surface area contributed by atoms with Gasteiger partial charge in [-0.15, -0.1) is 0 Å². The first-order chi connectivity index (χ1) is 20.8. The molecule has 4 aromatic rings. The van der Waals surface area contributed by atoms with Gasteiger partial charge >= 0.3 is 0 Å². The van der Waals surface area contributed by atoms with Crippen LogP contribution in [0.4, 0.5) is 5.69 Å². The first-order valence-corrected chi connectivity index (χ1v) is 15.4. The highest BCUT2D eigenvalue weighted by atomic mass is 35.5. The molecule has 0 saturated carbocycles. The maximum Gasteiger partial charge on any atom is 0.258 e. The molecule has 0 bridgehead atoms. The molecule has 3 amide bonds. The maximum atomic E-state index is 14.0. The molecule has 6 nitrogen and oxygen atoms in total. The molecule has 0 aliphatic carbocycles. The van der Waals surface area contributed by atoms with Crippen LogP contribution in [-0.2, 0) is 22.6 Å². The highest BCUT2D eigenvalue weighted by molar-refractivity contribution is 6.42.